The second-order valence-electron chi connectivity index (χ2n) is 2.82. The van der Waals surface area contributed by atoms with E-state index in [0.29, 0.717) is 0 Å². The predicted octanol–water partition coefficient (Wildman–Crippen LogP) is -0.277. The maximum Gasteiger partial charge on any atom is 0.257 e. The fourth-order valence-electron chi connectivity index (χ4n) is 0.781. The van der Waals surface area contributed by atoms with Crippen molar-refractivity contribution in [2.24, 2.45) is 0 Å². The van der Waals surface area contributed by atoms with E-state index in [1.165, 1.54) is 19.4 Å². The molecule has 0 aliphatic rings. The van der Waals surface area contributed by atoms with Crippen LogP contribution in [0.1, 0.15) is 6.92 Å². The summed E-state index contributed by atoms with van der Waals surface area (Å²) in [6.45, 7) is 2.01. The van der Waals surface area contributed by atoms with E-state index in [-0.39, 0.29) is 17.7 Å². The molecule has 0 fully saturated rings. The van der Waals surface area contributed by atoms with Crippen molar-refractivity contribution in [1.82, 2.24) is 14.9 Å². The molecule has 80 valence electrons. The highest BCUT2D eigenvalue weighted by Gasteiger charge is 2.15. The van der Waals surface area contributed by atoms with Crippen LogP contribution in [0.3, 0.4) is 0 Å². The number of aromatic amines is 1. The molecule has 1 rings (SSSR count). The van der Waals surface area contributed by atoms with Gasteiger partial charge in [-0.25, -0.2) is 13.1 Å². The van der Waals surface area contributed by atoms with Gasteiger partial charge in [-0.1, -0.05) is 0 Å². The van der Waals surface area contributed by atoms with Crippen molar-refractivity contribution in [2.45, 2.75) is 18.1 Å². The van der Waals surface area contributed by atoms with Gasteiger partial charge < -0.3 is 4.74 Å². The highest BCUT2D eigenvalue weighted by Crippen LogP contribution is 2.02. The standard InChI is InChI=1S/C7H13N3O3S/c1-6(13-2)5-9-14(11,12)7-3-4-8-10-7/h3-4,6,9H,5H2,1-2H3,(H,8,10). The zero-order valence-electron chi connectivity index (χ0n) is 8.02. The molecule has 0 spiro atoms. The molecule has 1 atom stereocenters. The number of rotatable bonds is 5. The molecule has 14 heavy (non-hydrogen) atoms. The average Bonchev–Trinajstić information content (AvgIpc) is 2.67. The van der Waals surface area contributed by atoms with Crippen LogP contribution in [0.25, 0.3) is 0 Å². The van der Waals surface area contributed by atoms with Crippen molar-refractivity contribution >= 4 is 10.0 Å². The molecule has 0 radical (unpaired) electrons. The first-order chi connectivity index (χ1) is 6.56. The maximum absolute atomic E-state index is 11.5. The molecule has 0 bridgehead atoms. The predicted molar refractivity (Wildman–Crippen MR) is 50.2 cm³/mol. The van der Waals surface area contributed by atoms with Crippen molar-refractivity contribution in [2.75, 3.05) is 13.7 Å². The van der Waals surface area contributed by atoms with Gasteiger partial charge in [0.15, 0.2) is 5.03 Å². The minimum atomic E-state index is -3.47. The van der Waals surface area contributed by atoms with Crippen LogP contribution in [-0.2, 0) is 14.8 Å². The summed E-state index contributed by atoms with van der Waals surface area (Å²) in [6, 6.07) is 1.39. The average molecular weight is 219 g/mol. The second kappa shape index (κ2) is 4.54. The first-order valence-corrected chi connectivity index (χ1v) is 5.56. The third-order valence-corrected chi connectivity index (χ3v) is 3.08. The number of nitrogens with zero attached hydrogens (tertiary/aromatic N) is 1. The van der Waals surface area contributed by atoms with E-state index in [4.69, 9.17) is 4.74 Å². The van der Waals surface area contributed by atoms with Gasteiger partial charge in [0.25, 0.3) is 10.0 Å². The second-order valence-corrected chi connectivity index (χ2v) is 4.55. The molecule has 0 saturated heterocycles. The molecule has 0 amide bonds. The number of hydrogen-bond donors (Lipinski definition) is 2. The van der Waals surface area contributed by atoms with Crippen molar-refractivity contribution in [3.63, 3.8) is 0 Å². The van der Waals surface area contributed by atoms with Crippen LogP contribution in [0, 0.1) is 0 Å². The molecular weight excluding hydrogens is 206 g/mol. The van der Waals surface area contributed by atoms with Crippen LogP contribution in [0.2, 0.25) is 0 Å². The van der Waals surface area contributed by atoms with Crippen LogP contribution in [-0.4, -0.2) is 38.4 Å². The van der Waals surface area contributed by atoms with Gasteiger partial charge in [0, 0.05) is 13.7 Å². The summed E-state index contributed by atoms with van der Waals surface area (Å²) in [4.78, 5) is 0. The number of aromatic nitrogens is 2. The normalized spacial score (nSPS) is 14.1. The molecule has 2 N–H and O–H groups in total. The number of ether oxygens (including phenoxy) is 1. The topological polar surface area (TPSA) is 84.1 Å². The Kier molecular flexibility index (Phi) is 3.62. The smallest absolute Gasteiger partial charge is 0.257 e. The number of methoxy groups -OCH3 is 1. The van der Waals surface area contributed by atoms with E-state index in [9.17, 15) is 8.42 Å². The molecule has 1 unspecified atom stereocenters. The van der Waals surface area contributed by atoms with E-state index in [0.717, 1.165) is 0 Å². The Bertz CT molecular complexity index is 360. The Hall–Kier alpha value is -0.920. The van der Waals surface area contributed by atoms with Gasteiger partial charge in [-0.15, -0.1) is 0 Å². The summed E-state index contributed by atoms with van der Waals surface area (Å²) in [5.41, 5.74) is 0. The summed E-state index contributed by atoms with van der Waals surface area (Å²) in [7, 11) is -1.95. The van der Waals surface area contributed by atoms with E-state index in [1.54, 1.807) is 6.92 Å². The summed E-state index contributed by atoms with van der Waals surface area (Å²) in [5, 5.41) is 5.99. The lowest BCUT2D eigenvalue weighted by Crippen LogP contribution is -2.31. The van der Waals surface area contributed by atoms with Gasteiger partial charge in [0.2, 0.25) is 0 Å². The quantitative estimate of drug-likeness (QED) is 0.713. The van der Waals surface area contributed by atoms with E-state index < -0.39 is 10.0 Å². The number of nitrogens with one attached hydrogen (secondary N) is 2. The van der Waals surface area contributed by atoms with Crippen molar-refractivity contribution in [3.8, 4) is 0 Å². The van der Waals surface area contributed by atoms with Crippen LogP contribution in [0.4, 0.5) is 0 Å². The Labute approximate surface area is 82.7 Å². The first-order valence-electron chi connectivity index (χ1n) is 4.08. The third kappa shape index (κ3) is 2.79. The maximum atomic E-state index is 11.5. The van der Waals surface area contributed by atoms with Gasteiger partial charge in [-0.05, 0) is 13.0 Å². The van der Waals surface area contributed by atoms with Crippen molar-refractivity contribution in [3.05, 3.63) is 12.3 Å². The van der Waals surface area contributed by atoms with E-state index in [2.05, 4.69) is 14.9 Å². The zero-order valence-corrected chi connectivity index (χ0v) is 8.84. The Balaban J connectivity index is 2.60. The molecule has 1 heterocycles. The van der Waals surface area contributed by atoms with Gasteiger partial charge in [-0.2, -0.15) is 5.10 Å². The highest BCUT2D eigenvalue weighted by molar-refractivity contribution is 7.89. The minimum absolute atomic E-state index is 0.0563. The lowest BCUT2D eigenvalue weighted by molar-refractivity contribution is 0.122. The van der Waals surface area contributed by atoms with E-state index in [1.807, 2.05) is 0 Å². The summed E-state index contributed by atoms with van der Waals surface area (Å²) < 4.78 is 30.2. The number of sulfonamides is 1. The third-order valence-electron chi connectivity index (χ3n) is 1.73. The fourth-order valence-corrected chi connectivity index (χ4v) is 1.80. The van der Waals surface area contributed by atoms with Crippen LogP contribution < -0.4 is 4.72 Å². The molecule has 6 nitrogen and oxygen atoms in total. The van der Waals surface area contributed by atoms with Crippen molar-refractivity contribution in [1.29, 1.82) is 0 Å². The zero-order chi connectivity index (χ0) is 10.6. The number of H-pyrrole nitrogens is 1. The largest absolute Gasteiger partial charge is 0.380 e. The summed E-state index contributed by atoms with van der Waals surface area (Å²) in [6.07, 6.45) is 1.22. The minimum Gasteiger partial charge on any atom is -0.380 e. The molecule has 0 saturated carbocycles. The van der Waals surface area contributed by atoms with Gasteiger partial charge >= 0.3 is 0 Å². The molecule has 7 heteroatoms. The Morgan fingerprint density at radius 1 is 1.71 bits per heavy atom. The fraction of sp³-hybridized carbons (Fsp3) is 0.571. The van der Waals surface area contributed by atoms with Crippen LogP contribution in [0.5, 0.6) is 0 Å². The van der Waals surface area contributed by atoms with Gasteiger partial charge in [0.05, 0.1) is 12.3 Å². The van der Waals surface area contributed by atoms with Crippen LogP contribution >= 0.6 is 0 Å². The molecule has 0 aliphatic heterocycles. The molecule has 0 aromatic carbocycles. The Morgan fingerprint density at radius 3 is 2.93 bits per heavy atom. The van der Waals surface area contributed by atoms with E-state index >= 15 is 0 Å². The summed E-state index contributed by atoms with van der Waals surface area (Å²) in [5.74, 6) is 0. The molecule has 0 aliphatic carbocycles. The molecule has 1 aromatic heterocycles. The van der Waals surface area contributed by atoms with Gasteiger partial charge in [0.1, 0.15) is 0 Å². The monoisotopic (exact) mass is 219 g/mol. The lowest BCUT2D eigenvalue weighted by Gasteiger charge is -2.09. The van der Waals surface area contributed by atoms with Crippen LogP contribution in [0.15, 0.2) is 17.3 Å². The number of hydrogen-bond acceptors (Lipinski definition) is 4. The molecular formula is C7H13N3O3S. The molecule has 1 aromatic rings. The SMILES string of the molecule is COC(C)CNS(=O)(=O)c1ccn[nH]1. The van der Waals surface area contributed by atoms with Gasteiger partial charge in [-0.3, -0.25) is 5.10 Å². The highest BCUT2D eigenvalue weighted by atomic mass is 32.2. The van der Waals surface area contributed by atoms with Crippen molar-refractivity contribution < 1.29 is 13.2 Å². The Morgan fingerprint density at radius 2 is 2.43 bits per heavy atom. The lowest BCUT2D eigenvalue weighted by atomic mass is 10.4. The summed E-state index contributed by atoms with van der Waals surface area (Å²) >= 11 is 0. The first kappa shape index (κ1) is 11.2.